The fourth-order valence-electron chi connectivity index (χ4n) is 3.45. The summed E-state index contributed by atoms with van der Waals surface area (Å²) in [7, 11) is 0. The second-order valence-corrected chi connectivity index (χ2v) is 6.10. The molecule has 0 atom stereocenters. The number of rotatable bonds is 4. The average molecular weight is 349 g/mol. The molecule has 4 aromatic rings. The van der Waals surface area contributed by atoms with Crippen LogP contribution in [-0.4, -0.2) is 10.5 Å². The van der Waals surface area contributed by atoms with E-state index in [1.165, 1.54) is 18.2 Å². The van der Waals surface area contributed by atoms with E-state index in [2.05, 4.69) is 6.07 Å². The van der Waals surface area contributed by atoms with Crippen molar-refractivity contribution in [2.45, 2.75) is 13.0 Å². The van der Waals surface area contributed by atoms with E-state index in [0.717, 1.165) is 16.4 Å². The molecule has 0 aliphatic rings. The first kappa shape index (κ1) is 16.3. The number of carbonyl (C=O) groups is 1. The molecule has 26 heavy (non-hydrogen) atoms. The molecule has 0 fully saturated rings. The van der Waals surface area contributed by atoms with E-state index in [0.29, 0.717) is 17.5 Å². The molecular formula is C21H15F2N2O. The lowest BCUT2D eigenvalue weighted by atomic mass is 10.1. The molecule has 0 spiro atoms. The molecule has 0 aliphatic carbocycles. The van der Waals surface area contributed by atoms with Crippen LogP contribution in [0.4, 0.5) is 8.78 Å². The van der Waals surface area contributed by atoms with E-state index < -0.39 is 17.5 Å². The first-order valence-corrected chi connectivity index (χ1v) is 8.22. The average Bonchev–Trinajstić information content (AvgIpc) is 2.95. The Kier molecular flexibility index (Phi) is 3.92. The number of aryl methyl sites for hydroxylation is 1. The van der Waals surface area contributed by atoms with E-state index >= 15 is 0 Å². The van der Waals surface area contributed by atoms with Gasteiger partial charge in [-0.25, -0.2) is 8.78 Å². The molecule has 1 aromatic heterocycles. The molecule has 3 nitrogen and oxygen atoms in total. The number of hydrogen-bond acceptors (Lipinski definition) is 1. The lowest BCUT2D eigenvalue weighted by molar-refractivity contribution is 0.100. The molecule has 0 bridgehead atoms. The van der Waals surface area contributed by atoms with Crippen LogP contribution in [0.1, 0.15) is 15.9 Å². The van der Waals surface area contributed by atoms with Gasteiger partial charge in [0.25, 0.3) is 0 Å². The first-order chi connectivity index (χ1) is 12.6. The summed E-state index contributed by atoms with van der Waals surface area (Å²) < 4.78 is 29.9. The van der Waals surface area contributed by atoms with Crippen molar-refractivity contribution in [1.29, 1.82) is 0 Å². The third kappa shape index (κ3) is 2.52. The Balaban J connectivity index is 1.89. The summed E-state index contributed by atoms with van der Waals surface area (Å²) >= 11 is 0. The smallest absolute Gasteiger partial charge is 0.249 e. The van der Waals surface area contributed by atoms with Gasteiger partial charge in [0.2, 0.25) is 5.91 Å². The van der Waals surface area contributed by atoms with Crippen LogP contribution in [-0.2, 0) is 13.0 Å². The highest BCUT2D eigenvalue weighted by Gasteiger charge is 2.17. The molecule has 0 saturated carbocycles. The third-order valence-electron chi connectivity index (χ3n) is 4.62. The molecule has 3 aromatic carbocycles. The number of fused-ring (bicyclic) bond motifs is 3. The molecule has 0 aliphatic heterocycles. The van der Waals surface area contributed by atoms with Crippen LogP contribution in [0.3, 0.4) is 0 Å². The summed E-state index contributed by atoms with van der Waals surface area (Å²) in [5, 5.41) is 1.48. The number of benzene rings is 3. The molecule has 4 rings (SSSR count). The summed E-state index contributed by atoms with van der Waals surface area (Å²) in [6.07, 6.45) is 0.188. The molecule has 0 unspecified atom stereocenters. The predicted molar refractivity (Wildman–Crippen MR) is 96.9 cm³/mol. The molecule has 5 heteroatoms. The number of hydrogen-bond donors (Lipinski definition) is 1. The normalized spacial score (nSPS) is 11.3. The van der Waals surface area contributed by atoms with Crippen LogP contribution in [0.15, 0.2) is 54.6 Å². The van der Waals surface area contributed by atoms with Gasteiger partial charge in [-0.15, -0.1) is 0 Å². The van der Waals surface area contributed by atoms with E-state index in [1.54, 1.807) is 18.2 Å². The topological polar surface area (TPSA) is 48.0 Å². The Bertz CT molecular complexity index is 1130. The fraction of sp³-hybridized carbons (Fsp3) is 0.0952. The van der Waals surface area contributed by atoms with Gasteiger partial charge in [0.15, 0.2) is 0 Å². The minimum absolute atomic E-state index is 0.0495. The lowest BCUT2D eigenvalue weighted by Gasteiger charge is -2.09. The van der Waals surface area contributed by atoms with Crippen molar-refractivity contribution < 1.29 is 13.6 Å². The second-order valence-electron chi connectivity index (χ2n) is 6.10. The highest BCUT2D eigenvalue weighted by molar-refractivity contribution is 6.17. The van der Waals surface area contributed by atoms with Crippen LogP contribution >= 0.6 is 0 Å². The van der Waals surface area contributed by atoms with E-state index in [9.17, 15) is 13.6 Å². The van der Waals surface area contributed by atoms with Gasteiger partial charge in [0.1, 0.15) is 11.6 Å². The van der Waals surface area contributed by atoms with Crippen LogP contribution in [0.5, 0.6) is 0 Å². The fourth-order valence-corrected chi connectivity index (χ4v) is 3.45. The third-order valence-corrected chi connectivity index (χ3v) is 4.62. The Hall–Kier alpha value is -3.21. The number of nitrogens with two attached hydrogens (primary N) is 1. The van der Waals surface area contributed by atoms with Crippen molar-refractivity contribution in [3.8, 4) is 0 Å². The number of primary amides is 1. The number of amides is 1. The van der Waals surface area contributed by atoms with Crippen LogP contribution < -0.4 is 5.73 Å². The van der Waals surface area contributed by atoms with Crippen LogP contribution in [0, 0.1) is 17.7 Å². The van der Waals surface area contributed by atoms with Gasteiger partial charge >= 0.3 is 0 Å². The highest BCUT2D eigenvalue weighted by Crippen LogP contribution is 2.31. The van der Waals surface area contributed by atoms with Crippen molar-refractivity contribution in [2.24, 2.45) is 5.73 Å². The standard InChI is InChI=1S/C21H15F2N2O/c22-16-7-4-8-17(23)13(16)11-12-25-18-9-2-1-5-14(18)20-15(21(24)26)6-3-10-19(20)25/h1-4,6-10H,11-12H2,(H2,24,26). The monoisotopic (exact) mass is 349 g/mol. The number of nitrogens with zero attached hydrogens (tertiary/aromatic N) is 1. The molecular weight excluding hydrogens is 334 g/mol. The van der Waals surface area contributed by atoms with Gasteiger partial charge in [0, 0.05) is 39.5 Å². The van der Waals surface area contributed by atoms with Gasteiger partial charge in [-0.1, -0.05) is 24.3 Å². The van der Waals surface area contributed by atoms with Crippen molar-refractivity contribution >= 4 is 27.7 Å². The summed E-state index contributed by atoms with van der Waals surface area (Å²) in [4.78, 5) is 11.8. The Labute approximate surface area is 148 Å². The maximum Gasteiger partial charge on any atom is 0.249 e. The van der Waals surface area contributed by atoms with Crippen molar-refractivity contribution in [3.63, 3.8) is 0 Å². The van der Waals surface area contributed by atoms with Crippen molar-refractivity contribution in [3.05, 3.63) is 83.4 Å². The molecule has 1 radical (unpaired) electrons. The Morgan fingerprint density at radius 2 is 1.69 bits per heavy atom. The zero-order valence-corrected chi connectivity index (χ0v) is 13.8. The lowest BCUT2D eigenvalue weighted by Crippen LogP contribution is -2.11. The summed E-state index contributed by atoms with van der Waals surface area (Å²) in [6.45, 7) is 0.359. The predicted octanol–water partition coefficient (Wildman–Crippen LogP) is 4.21. The number of aromatic nitrogens is 1. The van der Waals surface area contributed by atoms with Crippen LogP contribution in [0.25, 0.3) is 21.8 Å². The van der Waals surface area contributed by atoms with Gasteiger partial charge in [0.05, 0.1) is 0 Å². The molecule has 1 amide bonds. The summed E-state index contributed by atoms with van der Waals surface area (Å²) in [5.74, 6) is -1.64. The quantitative estimate of drug-likeness (QED) is 0.589. The molecule has 0 saturated heterocycles. The zero-order valence-electron chi connectivity index (χ0n) is 13.8. The number of carbonyl (C=O) groups excluding carboxylic acids is 1. The summed E-state index contributed by atoms with van der Waals surface area (Å²) in [6, 6.07) is 17.8. The molecule has 2 N–H and O–H groups in total. The SMILES string of the molecule is NC(=O)c1cccc2c1c1[c]cccc1n2CCc1c(F)cccc1F. The van der Waals surface area contributed by atoms with Gasteiger partial charge in [-0.05, 0) is 42.8 Å². The zero-order chi connectivity index (χ0) is 18.3. The minimum atomic E-state index is -0.560. The number of halogens is 2. The maximum absolute atomic E-state index is 14.0. The first-order valence-electron chi connectivity index (χ1n) is 8.22. The second kappa shape index (κ2) is 6.26. The van der Waals surface area contributed by atoms with Crippen LogP contribution in [0.2, 0.25) is 0 Å². The van der Waals surface area contributed by atoms with E-state index in [1.807, 2.05) is 22.8 Å². The summed E-state index contributed by atoms with van der Waals surface area (Å²) in [5.41, 5.74) is 7.61. The van der Waals surface area contributed by atoms with Gasteiger partial charge in [-0.2, -0.15) is 0 Å². The minimum Gasteiger partial charge on any atom is -0.366 e. The maximum atomic E-state index is 14.0. The van der Waals surface area contributed by atoms with E-state index in [-0.39, 0.29) is 12.0 Å². The largest absolute Gasteiger partial charge is 0.366 e. The Morgan fingerprint density at radius 1 is 1.00 bits per heavy atom. The van der Waals surface area contributed by atoms with Gasteiger partial charge in [-0.3, -0.25) is 4.79 Å². The van der Waals surface area contributed by atoms with Crippen molar-refractivity contribution in [2.75, 3.05) is 0 Å². The molecule has 129 valence electrons. The van der Waals surface area contributed by atoms with E-state index in [4.69, 9.17) is 5.73 Å². The highest BCUT2D eigenvalue weighted by atomic mass is 19.1. The molecule has 1 heterocycles. The Morgan fingerprint density at radius 3 is 2.42 bits per heavy atom. The van der Waals surface area contributed by atoms with Gasteiger partial charge < -0.3 is 10.3 Å². The van der Waals surface area contributed by atoms with Crippen molar-refractivity contribution in [1.82, 2.24) is 4.57 Å².